The summed E-state index contributed by atoms with van der Waals surface area (Å²) in [4.78, 5) is 19.3. The van der Waals surface area contributed by atoms with Crippen molar-refractivity contribution in [3.63, 3.8) is 0 Å². The van der Waals surface area contributed by atoms with E-state index in [1.165, 1.54) is 18.7 Å². The van der Waals surface area contributed by atoms with Crippen LogP contribution >= 0.6 is 0 Å². The summed E-state index contributed by atoms with van der Waals surface area (Å²) < 4.78 is 0. The largest absolute Gasteiger partial charge is 0.396 e. The van der Waals surface area contributed by atoms with Gasteiger partial charge in [-0.15, -0.1) is 0 Å². The number of aliphatic hydroxyl groups excluding tert-OH is 1. The van der Waals surface area contributed by atoms with E-state index < -0.39 is 0 Å². The van der Waals surface area contributed by atoms with E-state index in [0.29, 0.717) is 12.0 Å². The third-order valence-corrected chi connectivity index (χ3v) is 2.65. The standard InChI is InChI=1S/C10H13N3O2/c14-4-3-10(1-2-10)13-9(15)8-5-11-7-12-6-8/h5-7,14H,1-4H2,(H,13,15). The van der Waals surface area contributed by atoms with E-state index in [2.05, 4.69) is 15.3 Å². The monoisotopic (exact) mass is 207 g/mol. The van der Waals surface area contributed by atoms with Crippen LogP contribution in [-0.2, 0) is 0 Å². The lowest BCUT2D eigenvalue weighted by Gasteiger charge is -2.15. The quantitative estimate of drug-likeness (QED) is 0.735. The highest BCUT2D eigenvalue weighted by molar-refractivity contribution is 5.94. The van der Waals surface area contributed by atoms with Crippen LogP contribution in [0.25, 0.3) is 0 Å². The molecule has 0 aromatic carbocycles. The summed E-state index contributed by atoms with van der Waals surface area (Å²) in [5.74, 6) is -0.165. The predicted octanol–water partition coefficient (Wildman–Crippen LogP) is 0.121. The molecule has 5 nitrogen and oxygen atoms in total. The Morgan fingerprint density at radius 2 is 2.13 bits per heavy atom. The molecule has 0 spiro atoms. The summed E-state index contributed by atoms with van der Waals surface area (Å²) in [5, 5.41) is 11.8. The lowest BCUT2D eigenvalue weighted by Crippen LogP contribution is -2.37. The Hall–Kier alpha value is -1.49. The van der Waals surface area contributed by atoms with Crippen LogP contribution in [0.2, 0.25) is 0 Å². The molecule has 0 bridgehead atoms. The van der Waals surface area contributed by atoms with Gasteiger partial charge >= 0.3 is 0 Å². The zero-order valence-corrected chi connectivity index (χ0v) is 8.31. The van der Waals surface area contributed by atoms with Crippen molar-refractivity contribution >= 4 is 5.91 Å². The molecule has 1 heterocycles. The van der Waals surface area contributed by atoms with Crippen molar-refractivity contribution in [3.8, 4) is 0 Å². The first-order valence-electron chi connectivity index (χ1n) is 4.94. The number of rotatable bonds is 4. The van der Waals surface area contributed by atoms with E-state index >= 15 is 0 Å². The summed E-state index contributed by atoms with van der Waals surface area (Å²) in [6.07, 6.45) is 6.85. The molecule has 15 heavy (non-hydrogen) atoms. The van der Waals surface area contributed by atoms with Gasteiger partial charge in [-0.3, -0.25) is 4.79 Å². The van der Waals surface area contributed by atoms with Crippen molar-refractivity contribution in [3.05, 3.63) is 24.3 Å². The van der Waals surface area contributed by atoms with Crippen molar-refractivity contribution < 1.29 is 9.90 Å². The number of carbonyl (C=O) groups excluding carboxylic acids is 1. The van der Waals surface area contributed by atoms with Crippen LogP contribution in [-0.4, -0.2) is 33.1 Å². The Kier molecular flexibility index (Phi) is 2.64. The van der Waals surface area contributed by atoms with Gasteiger partial charge in [0.15, 0.2) is 0 Å². The van der Waals surface area contributed by atoms with E-state index in [-0.39, 0.29) is 18.1 Å². The van der Waals surface area contributed by atoms with Crippen LogP contribution in [0.15, 0.2) is 18.7 Å². The molecule has 1 aromatic rings. The van der Waals surface area contributed by atoms with E-state index in [1.54, 1.807) is 0 Å². The number of hydrogen-bond donors (Lipinski definition) is 2. The van der Waals surface area contributed by atoms with Gasteiger partial charge in [-0.25, -0.2) is 9.97 Å². The Balaban J connectivity index is 1.99. The number of carbonyl (C=O) groups is 1. The minimum absolute atomic E-state index is 0.103. The van der Waals surface area contributed by atoms with Crippen LogP contribution in [0.3, 0.4) is 0 Å². The van der Waals surface area contributed by atoms with Crippen LogP contribution in [0.4, 0.5) is 0 Å². The molecule has 1 saturated carbocycles. The number of nitrogens with zero attached hydrogens (tertiary/aromatic N) is 2. The van der Waals surface area contributed by atoms with Crippen molar-refractivity contribution in [1.82, 2.24) is 15.3 Å². The molecule has 1 fully saturated rings. The number of amides is 1. The van der Waals surface area contributed by atoms with E-state index in [1.807, 2.05) is 0 Å². The number of aromatic nitrogens is 2. The van der Waals surface area contributed by atoms with Gasteiger partial charge in [0.1, 0.15) is 6.33 Å². The highest BCUT2D eigenvalue weighted by atomic mass is 16.3. The maximum absolute atomic E-state index is 11.7. The van der Waals surface area contributed by atoms with E-state index in [4.69, 9.17) is 5.11 Å². The van der Waals surface area contributed by atoms with Crippen LogP contribution in [0.5, 0.6) is 0 Å². The molecular weight excluding hydrogens is 194 g/mol. The maximum atomic E-state index is 11.7. The van der Waals surface area contributed by atoms with Gasteiger partial charge in [-0.05, 0) is 19.3 Å². The SMILES string of the molecule is O=C(NC1(CCO)CC1)c1cncnc1. The number of aliphatic hydroxyl groups is 1. The second-order valence-corrected chi connectivity index (χ2v) is 3.84. The molecule has 2 N–H and O–H groups in total. The summed E-state index contributed by atoms with van der Waals surface area (Å²) in [5.41, 5.74) is 0.281. The lowest BCUT2D eigenvalue weighted by molar-refractivity contribution is 0.0923. The summed E-state index contributed by atoms with van der Waals surface area (Å²) in [7, 11) is 0. The second kappa shape index (κ2) is 3.94. The van der Waals surface area contributed by atoms with Gasteiger partial charge in [-0.1, -0.05) is 0 Å². The molecule has 0 unspecified atom stereocenters. The smallest absolute Gasteiger partial charge is 0.254 e. The Bertz CT molecular complexity index is 349. The van der Waals surface area contributed by atoms with Crippen LogP contribution < -0.4 is 5.32 Å². The third-order valence-electron chi connectivity index (χ3n) is 2.65. The summed E-state index contributed by atoms with van der Waals surface area (Å²) >= 11 is 0. The Morgan fingerprint density at radius 1 is 1.47 bits per heavy atom. The minimum Gasteiger partial charge on any atom is -0.396 e. The lowest BCUT2D eigenvalue weighted by atomic mass is 10.1. The zero-order valence-electron chi connectivity index (χ0n) is 8.31. The minimum atomic E-state index is -0.179. The maximum Gasteiger partial charge on any atom is 0.254 e. The normalized spacial score (nSPS) is 17.1. The van der Waals surface area contributed by atoms with Gasteiger partial charge in [-0.2, -0.15) is 0 Å². The van der Waals surface area contributed by atoms with Crippen molar-refractivity contribution in [2.24, 2.45) is 0 Å². The molecule has 2 rings (SSSR count). The van der Waals surface area contributed by atoms with Gasteiger partial charge in [0.2, 0.25) is 0 Å². The first-order chi connectivity index (χ1) is 7.26. The van der Waals surface area contributed by atoms with E-state index in [0.717, 1.165) is 12.8 Å². The van der Waals surface area contributed by atoms with E-state index in [9.17, 15) is 4.79 Å². The summed E-state index contributed by atoms with van der Waals surface area (Å²) in [6, 6.07) is 0. The fraction of sp³-hybridized carbons (Fsp3) is 0.500. The average molecular weight is 207 g/mol. The fourth-order valence-corrected chi connectivity index (χ4v) is 1.53. The topological polar surface area (TPSA) is 75.1 Å². The molecule has 0 radical (unpaired) electrons. The fourth-order valence-electron chi connectivity index (χ4n) is 1.53. The molecule has 1 aliphatic carbocycles. The first-order valence-corrected chi connectivity index (χ1v) is 4.94. The molecule has 80 valence electrons. The van der Waals surface area contributed by atoms with Gasteiger partial charge in [0.25, 0.3) is 5.91 Å². The molecular formula is C10H13N3O2. The van der Waals surface area contributed by atoms with Gasteiger partial charge in [0, 0.05) is 24.5 Å². The van der Waals surface area contributed by atoms with Crippen LogP contribution in [0.1, 0.15) is 29.6 Å². The molecule has 1 aromatic heterocycles. The zero-order chi connectivity index (χ0) is 10.7. The number of hydrogen-bond acceptors (Lipinski definition) is 4. The molecule has 0 aliphatic heterocycles. The second-order valence-electron chi connectivity index (χ2n) is 3.84. The van der Waals surface area contributed by atoms with Crippen molar-refractivity contribution in [1.29, 1.82) is 0 Å². The van der Waals surface area contributed by atoms with Gasteiger partial charge in [0.05, 0.1) is 5.56 Å². The third kappa shape index (κ3) is 2.30. The first kappa shape index (κ1) is 10.0. The molecule has 1 aliphatic rings. The van der Waals surface area contributed by atoms with Crippen LogP contribution in [0, 0.1) is 0 Å². The molecule has 0 atom stereocenters. The number of nitrogens with one attached hydrogen (secondary N) is 1. The summed E-state index contributed by atoms with van der Waals surface area (Å²) in [6.45, 7) is 0.103. The average Bonchev–Trinajstić information content (AvgIpc) is 3.00. The Morgan fingerprint density at radius 3 is 2.67 bits per heavy atom. The van der Waals surface area contributed by atoms with Crippen molar-refractivity contribution in [2.75, 3.05) is 6.61 Å². The molecule has 5 heteroatoms. The molecule has 1 amide bonds. The highest BCUT2D eigenvalue weighted by Gasteiger charge is 2.43. The predicted molar refractivity (Wildman–Crippen MR) is 53.2 cm³/mol. The van der Waals surface area contributed by atoms with Gasteiger partial charge < -0.3 is 10.4 Å². The Labute approximate surface area is 87.6 Å². The highest BCUT2D eigenvalue weighted by Crippen LogP contribution is 2.38. The molecule has 0 saturated heterocycles. The van der Waals surface area contributed by atoms with Crippen molar-refractivity contribution in [2.45, 2.75) is 24.8 Å².